The summed E-state index contributed by atoms with van der Waals surface area (Å²) in [6.45, 7) is 6.36. The van der Waals surface area contributed by atoms with E-state index in [1.54, 1.807) is 0 Å². The van der Waals surface area contributed by atoms with Crippen LogP contribution in [0.5, 0.6) is 0 Å². The maximum atomic E-state index is 13.1. The Morgan fingerprint density at radius 3 is 2.31 bits per heavy atom. The van der Waals surface area contributed by atoms with Gasteiger partial charge in [-0.2, -0.15) is 0 Å². The highest BCUT2D eigenvalue weighted by molar-refractivity contribution is 5.80. The average molecular weight is 399 g/mol. The third-order valence-electron chi connectivity index (χ3n) is 7.74. The molecule has 4 rings (SSSR count). The molecule has 4 nitrogen and oxygen atoms in total. The minimum absolute atomic E-state index is 0.177. The summed E-state index contributed by atoms with van der Waals surface area (Å²) in [5.74, 6) is 1.65. The second kappa shape index (κ2) is 9.18. The van der Waals surface area contributed by atoms with Gasteiger partial charge in [-0.3, -0.25) is 9.69 Å². The zero-order valence-electron chi connectivity index (χ0n) is 18.2. The van der Waals surface area contributed by atoms with Gasteiger partial charge < -0.3 is 10.0 Å². The van der Waals surface area contributed by atoms with E-state index in [1.165, 1.54) is 37.7 Å². The van der Waals surface area contributed by atoms with E-state index in [1.807, 2.05) is 0 Å². The fraction of sp³-hybridized carbons (Fsp3) is 0.720. The second-order valence-corrected chi connectivity index (χ2v) is 9.81. The molecule has 0 unspecified atom stereocenters. The molecule has 2 saturated carbocycles. The van der Waals surface area contributed by atoms with Crippen molar-refractivity contribution in [3.63, 3.8) is 0 Å². The van der Waals surface area contributed by atoms with Crippen LogP contribution in [-0.4, -0.2) is 58.6 Å². The molecule has 0 aromatic heterocycles. The smallest absolute Gasteiger partial charge is 0.225 e. The number of carbonyl (C=O) groups is 1. The summed E-state index contributed by atoms with van der Waals surface area (Å²) in [6, 6.07) is 11.3. The van der Waals surface area contributed by atoms with E-state index in [4.69, 9.17) is 0 Å². The number of nitrogens with zero attached hydrogens (tertiary/aromatic N) is 2. The van der Waals surface area contributed by atoms with Crippen LogP contribution in [0.4, 0.5) is 0 Å². The molecule has 29 heavy (non-hydrogen) atoms. The number of hydrogen-bond acceptors (Lipinski definition) is 3. The molecule has 160 valence electrons. The summed E-state index contributed by atoms with van der Waals surface area (Å²) in [7, 11) is 0. The van der Waals surface area contributed by atoms with Crippen molar-refractivity contribution in [2.24, 2.45) is 11.8 Å². The van der Waals surface area contributed by atoms with Gasteiger partial charge in [0.25, 0.3) is 0 Å². The van der Waals surface area contributed by atoms with Crippen molar-refractivity contribution in [2.75, 3.05) is 19.7 Å². The summed E-state index contributed by atoms with van der Waals surface area (Å²) < 4.78 is 0. The van der Waals surface area contributed by atoms with E-state index in [-0.39, 0.29) is 24.6 Å². The number of aliphatic hydroxyl groups is 1. The Kier molecular flexibility index (Phi) is 6.60. The third kappa shape index (κ3) is 4.25. The summed E-state index contributed by atoms with van der Waals surface area (Å²) in [5, 5.41) is 10.2. The fourth-order valence-corrected chi connectivity index (χ4v) is 5.78. The van der Waals surface area contributed by atoms with E-state index >= 15 is 0 Å². The van der Waals surface area contributed by atoms with Gasteiger partial charge in [0, 0.05) is 43.1 Å². The molecule has 3 aliphatic rings. The summed E-state index contributed by atoms with van der Waals surface area (Å²) in [4.78, 5) is 17.8. The number of carbonyl (C=O) groups excluding carboxylic acids is 1. The van der Waals surface area contributed by atoms with Crippen molar-refractivity contribution in [1.82, 2.24) is 9.80 Å². The molecule has 2 aliphatic carbocycles. The Hall–Kier alpha value is -1.39. The minimum atomic E-state index is 0.177. The zero-order chi connectivity index (χ0) is 20.4. The first-order valence-corrected chi connectivity index (χ1v) is 11.8. The predicted molar refractivity (Wildman–Crippen MR) is 117 cm³/mol. The van der Waals surface area contributed by atoms with Crippen LogP contribution >= 0.6 is 0 Å². The van der Waals surface area contributed by atoms with Crippen LogP contribution in [0.1, 0.15) is 70.3 Å². The Morgan fingerprint density at radius 1 is 1.07 bits per heavy atom. The number of likely N-dealkylation sites (tertiary alicyclic amines) is 1. The molecular formula is C25H38N2O2. The average Bonchev–Trinajstić information content (AvgIpc) is 3.17. The summed E-state index contributed by atoms with van der Waals surface area (Å²) >= 11 is 0. The van der Waals surface area contributed by atoms with E-state index < -0.39 is 0 Å². The van der Waals surface area contributed by atoms with Crippen molar-refractivity contribution < 1.29 is 9.90 Å². The van der Waals surface area contributed by atoms with Crippen LogP contribution in [0.25, 0.3) is 0 Å². The quantitative estimate of drug-likeness (QED) is 0.719. The van der Waals surface area contributed by atoms with Crippen molar-refractivity contribution in [3.8, 4) is 0 Å². The van der Waals surface area contributed by atoms with Gasteiger partial charge in [-0.1, -0.05) is 49.6 Å². The van der Waals surface area contributed by atoms with Gasteiger partial charge in [-0.15, -0.1) is 0 Å². The Morgan fingerprint density at radius 2 is 1.76 bits per heavy atom. The van der Waals surface area contributed by atoms with Gasteiger partial charge in [0.2, 0.25) is 5.91 Å². The standard InChI is InChI=1S/C25H38N2O2/c1-18(2)26(25(29)21-13-8-14-21)16-22-24(20-11-4-3-5-12-20)23(17-28)27(22)15-19-9-6-7-10-19/h3-5,11-12,18-19,21-24,28H,6-10,13-17H2,1-2H3/t22-,23+,24+/m0/s1. The zero-order valence-corrected chi connectivity index (χ0v) is 18.2. The Balaban J connectivity index is 1.56. The number of aliphatic hydroxyl groups excluding tert-OH is 1. The highest BCUT2D eigenvalue weighted by Crippen LogP contribution is 2.43. The highest BCUT2D eigenvalue weighted by atomic mass is 16.3. The molecule has 1 aliphatic heterocycles. The monoisotopic (exact) mass is 398 g/mol. The third-order valence-corrected chi connectivity index (χ3v) is 7.74. The largest absolute Gasteiger partial charge is 0.395 e. The normalized spacial score (nSPS) is 28.3. The molecule has 3 atom stereocenters. The van der Waals surface area contributed by atoms with E-state index in [9.17, 15) is 9.90 Å². The second-order valence-electron chi connectivity index (χ2n) is 9.81. The van der Waals surface area contributed by atoms with E-state index in [0.717, 1.165) is 31.8 Å². The molecule has 1 aromatic rings. The number of benzene rings is 1. The SMILES string of the molecule is CC(C)N(C[C@H]1[C@@H](c2ccccc2)[C@@H](CO)N1CC1CCCC1)C(=O)C1CCC1. The first-order valence-electron chi connectivity index (χ1n) is 11.8. The summed E-state index contributed by atoms with van der Waals surface area (Å²) in [5.41, 5.74) is 1.30. The molecule has 1 aromatic carbocycles. The lowest BCUT2D eigenvalue weighted by atomic mass is 9.74. The van der Waals surface area contributed by atoms with E-state index in [2.05, 4.69) is 54.0 Å². The fourth-order valence-electron chi connectivity index (χ4n) is 5.78. The van der Waals surface area contributed by atoms with Crippen LogP contribution < -0.4 is 0 Å². The number of hydrogen-bond donors (Lipinski definition) is 1. The number of amides is 1. The van der Waals surface area contributed by atoms with Gasteiger partial charge in [0.1, 0.15) is 0 Å². The lowest BCUT2D eigenvalue weighted by molar-refractivity contribution is -0.144. The topological polar surface area (TPSA) is 43.8 Å². The van der Waals surface area contributed by atoms with Gasteiger partial charge >= 0.3 is 0 Å². The van der Waals surface area contributed by atoms with Crippen LogP contribution in [0.2, 0.25) is 0 Å². The maximum Gasteiger partial charge on any atom is 0.225 e. The molecule has 0 spiro atoms. The first kappa shape index (κ1) is 20.9. The molecular weight excluding hydrogens is 360 g/mol. The molecule has 4 heteroatoms. The van der Waals surface area contributed by atoms with Gasteiger partial charge in [0.05, 0.1) is 6.61 Å². The van der Waals surface area contributed by atoms with Crippen LogP contribution in [0, 0.1) is 11.8 Å². The van der Waals surface area contributed by atoms with Gasteiger partial charge in [-0.05, 0) is 51.0 Å². The molecule has 3 fully saturated rings. The highest BCUT2D eigenvalue weighted by Gasteiger charge is 2.50. The predicted octanol–water partition coefficient (Wildman–Crippen LogP) is 4.04. The van der Waals surface area contributed by atoms with Crippen LogP contribution in [0.15, 0.2) is 30.3 Å². The van der Waals surface area contributed by atoms with Crippen molar-refractivity contribution in [1.29, 1.82) is 0 Å². The van der Waals surface area contributed by atoms with E-state index in [0.29, 0.717) is 17.9 Å². The van der Waals surface area contributed by atoms with Crippen molar-refractivity contribution in [3.05, 3.63) is 35.9 Å². The number of rotatable bonds is 8. The molecule has 1 saturated heterocycles. The first-order chi connectivity index (χ1) is 14.1. The minimum Gasteiger partial charge on any atom is -0.395 e. The van der Waals surface area contributed by atoms with Crippen molar-refractivity contribution in [2.45, 2.75) is 82.8 Å². The van der Waals surface area contributed by atoms with Crippen LogP contribution in [-0.2, 0) is 4.79 Å². The molecule has 0 radical (unpaired) electrons. The molecule has 0 bridgehead atoms. The van der Waals surface area contributed by atoms with Gasteiger partial charge in [0.15, 0.2) is 0 Å². The Labute approximate surface area is 176 Å². The van der Waals surface area contributed by atoms with Crippen molar-refractivity contribution >= 4 is 5.91 Å². The molecule has 1 N–H and O–H groups in total. The lowest BCUT2D eigenvalue weighted by Gasteiger charge is -2.57. The van der Waals surface area contributed by atoms with Gasteiger partial charge in [-0.25, -0.2) is 0 Å². The molecule has 1 amide bonds. The Bertz CT molecular complexity index is 667. The molecule has 1 heterocycles. The maximum absolute atomic E-state index is 13.1. The summed E-state index contributed by atoms with van der Waals surface area (Å²) in [6.07, 6.45) is 8.61. The van der Waals surface area contributed by atoms with Crippen LogP contribution in [0.3, 0.4) is 0 Å². The lowest BCUT2D eigenvalue weighted by Crippen LogP contribution is -2.68.